The van der Waals surface area contributed by atoms with Crippen LogP contribution in [0.5, 0.6) is 5.88 Å². The average molecular weight is 293 g/mol. The Hall–Kier alpha value is -2.09. The lowest BCUT2D eigenvalue weighted by atomic mass is 10.4. The molecule has 0 fully saturated rings. The molecule has 8 heteroatoms. The Labute approximate surface area is 120 Å². The lowest BCUT2D eigenvalue weighted by Crippen LogP contribution is -2.11. The quantitative estimate of drug-likeness (QED) is 0.648. The predicted octanol–water partition coefficient (Wildman–Crippen LogP) is 1.39. The Morgan fingerprint density at radius 3 is 2.80 bits per heavy atom. The minimum Gasteiger partial charge on any atom is -0.473 e. The van der Waals surface area contributed by atoms with Crippen molar-refractivity contribution in [2.24, 2.45) is 0 Å². The number of aromatic nitrogens is 4. The largest absolute Gasteiger partial charge is 0.473 e. The van der Waals surface area contributed by atoms with Crippen molar-refractivity contribution < 1.29 is 4.74 Å². The summed E-state index contributed by atoms with van der Waals surface area (Å²) in [5.41, 5.74) is 6.70. The number of aromatic amines is 1. The van der Waals surface area contributed by atoms with E-state index < -0.39 is 0 Å². The molecule has 20 heavy (non-hydrogen) atoms. The molecular weight excluding hydrogens is 278 g/mol. The third kappa shape index (κ3) is 3.47. The smallest absolute Gasteiger partial charge is 0.251 e. The predicted molar refractivity (Wildman–Crippen MR) is 75.9 cm³/mol. The molecule has 3 N–H and O–H groups in total. The van der Waals surface area contributed by atoms with E-state index in [1.54, 1.807) is 6.92 Å². The summed E-state index contributed by atoms with van der Waals surface area (Å²) in [5, 5.41) is 0.917. The first-order valence-electron chi connectivity index (χ1n) is 5.98. The molecule has 2 aromatic rings. The normalized spacial score (nSPS) is 10.8. The lowest BCUT2D eigenvalue weighted by Gasteiger charge is -2.12. The zero-order valence-corrected chi connectivity index (χ0v) is 12.2. The highest BCUT2D eigenvalue weighted by Crippen LogP contribution is 2.32. The summed E-state index contributed by atoms with van der Waals surface area (Å²) in [6.45, 7) is 5.51. The number of ether oxygens (including phenoxy) is 1. The molecule has 2 heterocycles. The highest BCUT2D eigenvalue weighted by Gasteiger charge is 2.13. The molecule has 0 amide bonds. The number of aryl methyl sites for hydroxylation is 1. The van der Waals surface area contributed by atoms with E-state index in [4.69, 9.17) is 10.5 Å². The van der Waals surface area contributed by atoms with Gasteiger partial charge in [-0.25, -0.2) is 9.97 Å². The van der Waals surface area contributed by atoms with E-state index >= 15 is 0 Å². The van der Waals surface area contributed by atoms with Crippen LogP contribution in [0.25, 0.3) is 0 Å². The third-order valence-electron chi connectivity index (χ3n) is 2.20. The van der Waals surface area contributed by atoms with E-state index in [0.29, 0.717) is 27.4 Å². The van der Waals surface area contributed by atoms with E-state index in [2.05, 4.69) is 19.9 Å². The molecule has 0 unspecified atom stereocenters. The van der Waals surface area contributed by atoms with E-state index in [1.807, 2.05) is 13.8 Å². The Bertz CT molecular complexity index is 671. The van der Waals surface area contributed by atoms with Gasteiger partial charge in [-0.15, -0.1) is 0 Å². The van der Waals surface area contributed by atoms with Gasteiger partial charge in [-0.2, -0.15) is 4.98 Å². The molecule has 0 saturated heterocycles. The van der Waals surface area contributed by atoms with E-state index in [0.717, 1.165) is 11.8 Å². The van der Waals surface area contributed by atoms with E-state index in [1.165, 1.54) is 12.4 Å². The highest BCUT2D eigenvalue weighted by atomic mass is 32.2. The fourth-order valence-electron chi connectivity index (χ4n) is 1.45. The van der Waals surface area contributed by atoms with Gasteiger partial charge in [0, 0.05) is 11.8 Å². The van der Waals surface area contributed by atoms with Crippen molar-refractivity contribution in [1.29, 1.82) is 0 Å². The van der Waals surface area contributed by atoms with Gasteiger partial charge in [0.25, 0.3) is 5.56 Å². The first-order valence-corrected chi connectivity index (χ1v) is 6.80. The molecule has 106 valence electrons. The number of hydrogen-bond acceptors (Lipinski definition) is 7. The molecule has 0 aliphatic carbocycles. The highest BCUT2D eigenvalue weighted by molar-refractivity contribution is 7.99. The standard InChI is InChI=1S/C12H15N5O2S/c1-6(2)19-10-9(13)11(15-5-14-10)20-12-16-7(3)4-8(18)17-12/h4-6H,13H2,1-3H3,(H,16,17,18). The van der Waals surface area contributed by atoms with Crippen molar-refractivity contribution in [2.45, 2.75) is 37.1 Å². The van der Waals surface area contributed by atoms with Gasteiger partial charge in [-0.1, -0.05) is 0 Å². The second-order valence-electron chi connectivity index (χ2n) is 4.36. The summed E-state index contributed by atoms with van der Waals surface area (Å²) >= 11 is 1.16. The van der Waals surface area contributed by atoms with Gasteiger partial charge in [0.05, 0.1) is 6.10 Å². The zero-order chi connectivity index (χ0) is 14.7. The van der Waals surface area contributed by atoms with Crippen molar-refractivity contribution in [2.75, 3.05) is 5.73 Å². The number of H-pyrrole nitrogens is 1. The molecule has 0 aromatic carbocycles. The Morgan fingerprint density at radius 2 is 2.15 bits per heavy atom. The molecule has 0 radical (unpaired) electrons. The molecule has 0 bridgehead atoms. The summed E-state index contributed by atoms with van der Waals surface area (Å²) in [4.78, 5) is 26.3. The summed E-state index contributed by atoms with van der Waals surface area (Å²) in [7, 11) is 0. The first-order chi connectivity index (χ1) is 9.45. The zero-order valence-electron chi connectivity index (χ0n) is 11.4. The van der Waals surface area contributed by atoms with Crippen LogP contribution in [-0.2, 0) is 0 Å². The van der Waals surface area contributed by atoms with Crippen LogP contribution in [0.1, 0.15) is 19.5 Å². The van der Waals surface area contributed by atoms with Gasteiger partial charge in [0.1, 0.15) is 17.0 Å². The molecule has 0 aliphatic heterocycles. The number of nitrogens with zero attached hydrogens (tertiary/aromatic N) is 3. The topological polar surface area (TPSA) is 107 Å². The van der Waals surface area contributed by atoms with Crippen LogP contribution in [0, 0.1) is 6.92 Å². The Morgan fingerprint density at radius 1 is 1.40 bits per heavy atom. The monoisotopic (exact) mass is 293 g/mol. The van der Waals surface area contributed by atoms with Crippen LogP contribution in [0.4, 0.5) is 5.69 Å². The molecule has 0 saturated carbocycles. The molecule has 2 aromatic heterocycles. The maximum absolute atomic E-state index is 11.4. The second kappa shape index (κ2) is 5.91. The number of hydrogen-bond donors (Lipinski definition) is 2. The van der Waals surface area contributed by atoms with Gasteiger partial charge < -0.3 is 15.5 Å². The van der Waals surface area contributed by atoms with Gasteiger partial charge in [-0.05, 0) is 32.5 Å². The molecule has 7 nitrogen and oxygen atoms in total. The first kappa shape index (κ1) is 14.3. The van der Waals surface area contributed by atoms with Crippen LogP contribution < -0.4 is 16.0 Å². The Kier molecular flexibility index (Phi) is 4.23. The van der Waals surface area contributed by atoms with Crippen molar-refractivity contribution >= 4 is 17.4 Å². The third-order valence-corrected chi connectivity index (χ3v) is 3.10. The van der Waals surface area contributed by atoms with Crippen LogP contribution in [0.15, 0.2) is 27.4 Å². The number of nitrogens with one attached hydrogen (secondary N) is 1. The fourth-order valence-corrected chi connectivity index (χ4v) is 2.28. The summed E-state index contributed by atoms with van der Waals surface area (Å²) in [5.74, 6) is 0.326. The number of anilines is 1. The van der Waals surface area contributed by atoms with Gasteiger partial charge >= 0.3 is 0 Å². The maximum Gasteiger partial charge on any atom is 0.251 e. The summed E-state index contributed by atoms with van der Waals surface area (Å²) < 4.78 is 5.49. The minimum absolute atomic E-state index is 0.0399. The minimum atomic E-state index is -0.216. The van der Waals surface area contributed by atoms with Gasteiger partial charge in [0.2, 0.25) is 5.88 Å². The number of nitrogen functional groups attached to an aromatic ring is 1. The van der Waals surface area contributed by atoms with Crippen LogP contribution in [0.2, 0.25) is 0 Å². The van der Waals surface area contributed by atoms with Crippen LogP contribution in [0.3, 0.4) is 0 Å². The van der Waals surface area contributed by atoms with Crippen molar-refractivity contribution in [3.8, 4) is 5.88 Å². The van der Waals surface area contributed by atoms with Crippen LogP contribution in [-0.4, -0.2) is 26.0 Å². The maximum atomic E-state index is 11.4. The average Bonchev–Trinajstić information content (AvgIpc) is 2.32. The van der Waals surface area contributed by atoms with E-state index in [9.17, 15) is 4.79 Å². The molecule has 0 spiro atoms. The van der Waals surface area contributed by atoms with Gasteiger partial charge in [-0.3, -0.25) is 4.79 Å². The number of rotatable bonds is 4. The fraction of sp³-hybridized carbons (Fsp3) is 0.333. The van der Waals surface area contributed by atoms with Crippen molar-refractivity contribution in [1.82, 2.24) is 19.9 Å². The molecule has 0 atom stereocenters. The number of nitrogens with two attached hydrogens (primary N) is 1. The Balaban J connectivity index is 2.31. The summed E-state index contributed by atoms with van der Waals surface area (Å²) in [6, 6.07) is 1.42. The summed E-state index contributed by atoms with van der Waals surface area (Å²) in [6.07, 6.45) is 1.33. The molecule has 0 aliphatic rings. The second-order valence-corrected chi connectivity index (χ2v) is 5.34. The van der Waals surface area contributed by atoms with E-state index in [-0.39, 0.29) is 11.7 Å². The molecular formula is C12H15N5O2S. The van der Waals surface area contributed by atoms with Crippen molar-refractivity contribution in [3.05, 3.63) is 28.4 Å². The van der Waals surface area contributed by atoms with Crippen LogP contribution >= 0.6 is 11.8 Å². The molecule has 2 rings (SSSR count). The SMILES string of the molecule is Cc1cc(=O)[nH]c(Sc2ncnc(OC(C)C)c2N)n1. The van der Waals surface area contributed by atoms with Gasteiger partial charge in [0.15, 0.2) is 5.16 Å². The van der Waals surface area contributed by atoms with Crippen molar-refractivity contribution in [3.63, 3.8) is 0 Å². The lowest BCUT2D eigenvalue weighted by molar-refractivity contribution is 0.233.